The molecule has 0 fully saturated rings. The maximum atomic E-state index is 10.5. The van der Waals surface area contributed by atoms with Gasteiger partial charge in [0, 0.05) is 72.5 Å². The molecule has 0 atom stereocenters. The Labute approximate surface area is 535 Å². The number of nitrogens with zero attached hydrogens (tertiary/aromatic N) is 4. The van der Waals surface area contributed by atoms with Crippen LogP contribution in [0.5, 0.6) is 11.5 Å². The quantitative estimate of drug-likeness (QED) is 0.118. The van der Waals surface area contributed by atoms with Crippen LogP contribution in [0.2, 0.25) is 0 Å². The molecule has 13 rings (SSSR count). The maximum Gasteiger partial charge on any atom is 0.269 e. The zero-order valence-electron chi connectivity index (χ0n) is 83.6. The van der Waals surface area contributed by atoms with E-state index < -0.39 is 199 Å². The topological polar surface area (TPSA) is 35.9 Å². The molecule has 0 unspecified atom stereocenters. The van der Waals surface area contributed by atoms with Crippen LogP contribution < -0.4 is 9.30 Å². The van der Waals surface area contributed by atoms with Crippen LogP contribution in [-0.4, -0.2) is 14.1 Å². The third kappa shape index (κ3) is 8.69. The third-order valence-corrected chi connectivity index (χ3v) is 16.2. The lowest BCUT2D eigenvalue weighted by atomic mass is 9.62. The highest BCUT2D eigenvalue weighted by Crippen LogP contribution is 2.53. The van der Waals surface area contributed by atoms with Crippen molar-refractivity contribution >= 4 is 32.8 Å². The summed E-state index contributed by atoms with van der Waals surface area (Å²) in [4.78, 5) is 4.86. The predicted molar refractivity (Wildman–Crippen MR) is 338 cm³/mol. The molecule has 3 aliphatic rings. The minimum absolute atomic E-state index is 0.0781. The number of aromatic nitrogens is 4. The first-order chi connectivity index (χ1) is 53.8. The number of imidazole rings is 1. The van der Waals surface area contributed by atoms with Crippen LogP contribution in [0, 0.1) is 6.33 Å². The average molecular weight is 1110 g/mol. The van der Waals surface area contributed by atoms with Gasteiger partial charge < -0.3 is 4.74 Å². The zero-order valence-corrected chi connectivity index (χ0v) is 45.6. The minimum Gasteiger partial charge on any atom is -0.457 e. The largest absolute Gasteiger partial charge is 0.457 e. The van der Waals surface area contributed by atoms with Gasteiger partial charge in [-0.2, -0.15) is 0 Å². The summed E-state index contributed by atoms with van der Waals surface area (Å²) in [6.07, 6.45) is -13.1. The standard InChI is InChI=1S/C76H82N4O/c1-70(2,3)50-33-40-77-67(43-50)80-62-24-17-16-21-55(62)56-30-29-52(46-65(56)80)81-66-45-51(44-61-68(66)76(14,15)39-38-75(61,12)13)78-47-79(64-26-19-18-25-63(64)78)69-53(48-27-31-57-59(41-48)73(8,9)36-34-71(57,4)5)22-20-23-54(69)49-28-32-58-60(42-49)74(10,11)37-35-72(58,6)7/h16-33,40-46H,34-39H2,1-15H3/i4D3,5D3,6D3,7D3,8D3,9D3,10D3,11D3,27D,28D,31D,32D,34D2,35D2,36D2,37D2,41D,42D. The Morgan fingerprint density at radius 1 is 0.580 bits per heavy atom. The van der Waals surface area contributed by atoms with Gasteiger partial charge >= 0.3 is 0 Å². The lowest BCUT2D eigenvalue weighted by Gasteiger charge is -2.43. The fourth-order valence-corrected chi connectivity index (χ4v) is 11.8. The van der Waals surface area contributed by atoms with Crippen molar-refractivity contribution in [3.63, 3.8) is 0 Å². The first-order valence-electron chi connectivity index (χ1n) is 45.6. The molecule has 81 heavy (non-hydrogen) atoms. The first kappa shape index (κ1) is 25.5. The number of rotatable bonds is 7. The molecule has 0 saturated heterocycles. The van der Waals surface area contributed by atoms with Crippen molar-refractivity contribution in [1.82, 2.24) is 14.1 Å². The van der Waals surface area contributed by atoms with Crippen molar-refractivity contribution in [2.45, 2.75) is 180 Å². The van der Waals surface area contributed by atoms with Crippen LogP contribution >= 0.6 is 0 Å². The summed E-state index contributed by atoms with van der Waals surface area (Å²) < 4.78 is 368. The average Bonchev–Trinajstić information content (AvgIpc) is 1.05. The molecule has 0 saturated carbocycles. The van der Waals surface area contributed by atoms with E-state index in [1.54, 1.807) is 24.4 Å². The third-order valence-electron chi connectivity index (χ3n) is 16.2. The van der Waals surface area contributed by atoms with Gasteiger partial charge in [-0.25, -0.2) is 4.98 Å². The number of para-hydroxylation sites is 4. The Morgan fingerprint density at radius 2 is 1.16 bits per heavy atom. The van der Waals surface area contributed by atoms with Gasteiger partial charge in [0.05, 0.1) is 41.7 Å². The van der Waals surface area contributed by atoms with Gasteiger partial charge in [-0.05, 0) is 174 Å². The van der Waals surface area contributed by atoms with Crippen LogP contribution in [0.15, 0.2) is 152 Å². The van der Waals surface area contributed by atoms with Crippen molar-refractivity contribution < 1.29 is 61.4 Å². The van der Waals surface area contributed by atoms with Crippen LogP contribution in [0.25, 0.3) is 72.3 Å². The van der Waals surface area contributed by atoms with E-state index in [9.17, 15) is 19.2 Å². The predicted octanol–water partition coefficient (Wildman–Crippen LogP) is 19.7. The second-order valence-corrected chi connectivity index (χ2v) is 23.9. The molecule has 0 spiro atoms. The molecular weight excluding hydrogens is 985 g/mol. The second kappa shape index (κ2) is 18.1. The van der Waals surface area contributed by atoms with Crippen molar-refractivity contribution in [3.8, 4) is 50.9 Å². The first-order valence-corrected chi connectivity index (χ1v) is 26.6. The Morgan fingerprint density at radius 3 is 1.79 bits per heavy atom. The minimum atomic E-state index is -4.86. The maximum absolute atomic E-state index is 10.5. The molecule has 10 aromatic rings. The highest BCUT2D eigenvalue weighted by atomic mass is 16.5. The van der Waals surface area contributed by atoms with Gasteiger partial charge in [0.2, 0.25) is 0 Å². The number of fused-ring (bicyclic) bond motifs is 7. The summed E-state index contributed by atoms with van der Waals surface area (Å²) in [5.41, 5.74) is -29.1. The molecular formula is C76H82N4O. The Hall–Kier alpha value is -7.24. The molecule has 0 N–H and O–H groups in total. The second-order valence-electron chi connectivity index (χ2n) is 23.9. The Balaban J connectivity index is 1.23. The number of ether oxygens (including phenoxy) is 1. The van der Waals surface area contributed by atoms with Gasteiger partial charge in [0.25, 0.3) is 6.33 Å². The summed E-state index contributed by atoms with van der Waals surface area (Å²) >= 11 is 0. The number of benzene rings is 7. The molecule has 0 radical (unpaired) electrons. The molecule has 3 aliphatic carbocycles. The van der Waals surface area contributed by atoms with E-state index >= 15 is 0 Å². The van der Waals surface area contributed by atoms with E-state index in [-0.39, 0.29) is 27.9 Å². The van der Waals surface area contributed by atoms with Gasteiger partial charge in [0.1, 0.15) is 17.3 Å². The smallest absolute Gasteiger partial charge is 0.269 e. The molecule has 0 amide bonds. The van der Waals surface area contributed by atoms with E-state index in [0.717, 1.165) is 50.2 Å². The number of pyridine rings is 1. The highest BCUT2D eigenvalue weighted by Gasteiger charge is 2.42. The summed E-state index contributed by atoms with van der Waals surface area (Å²) in [6.45, 7) is -22.1. The zero-order chi connectivity index (χ0) is 89.4. The summed E-state index contributed by atoms with van der Waals surface area (Å²) in [5.74, 6) is 1.21. The van der Waals surface area contributed by atoms with Gasteiger partial charge in [-0.15, -0.1) is 0 Å². The normalized spacial score (nSPS) is 29.0. The van der Waals surface area contributed by atoms with Crippen LogP contribution in [0.3, 0.4) is 0 Å². The van der Waals surface area contributed by atoms with E-state index in [0.29, 0.717) is 35.5 Å². The molecule has 3 aromatic heterocycles. The number of hydrogen-bond acceptors (Lipinski definition) is 2. The van der Waals surface area contributed by atoms with E-state index in [1.807, 2.05) is 86.9 Å². The van der Waals surface area contributed by atoms with Crippen molar-refractivity contribution in [2.24, 2.45) is 0 Å². The van der Waals surface area contributed by atoms with Crippen molar-refractivity contribution in [3.05, 3.63) is 197 Å². The molecule has 0 bridgehead atoms. The van der Waals surface area contributed by atoms with E-state index in [4.69, 9.17) is 42.6 Å². The van der Waals surface area contributed by atoms with E-state index in [2.05, 4.69) is 27.1 Å². The fourth-order valence-electron chi connectivity index (χ4n) is 11.8. The summed E-state index contributed by atoms with van der Waals surface area (Å²) in [6, 6.07) is 19.1. The number of hydrogen-bond donors (Lipinski definition) is 0. The molecule has 412 valence electrons. The molecule has 5 nitrogen and oxygen atoms in total. The van der Waals surface area contributed by atoms with Crippen LogP contribution in [0.1, 0.15) is 233 Å². The van der Waals surface area contributed by atoms with Crippen molar-refractivity contribution in [1.29, 1.82) is 0 Å². The van der Waals surface area contributed by atoms with Gasteiger partial charge in [-0.1, -0.05) is 200 Å². The van der Waals surface area contributed by atoms with Gasteiger partial charge in [-0.3, -0.25) is 13.7 Å². The molecule has 5 heteroatoms. The molecule has 3 heterocycles. The SMILES string of the molecule is [2H]c1c([2H])c2c(c([2H])c1-c1cccc(-c3c([2H])c([2H])c4c(c3[2H])C(C([2H])([2H])[2H])(C([2H])([2H])[2H])C([2H])([2H])C([2H])([2H])C4(C([2H])([2H])[2H])C([2H])([2H])[2H])c1-[n+]1[c-]n(-c3cc(Oc4ccc5c6ccccc6n(-c6cc(C(C)(C)C)ccn6)c5c4)c4c(c3)C(C)(C)CCC4(C)C)c3ccccc31)C(C([2H])([2H])[2H])(C([2H])([2H])[2H])C([2H])([2H])C([2H])([2H])C2(C([2H])([2H])[2H])C([2H])([2H])[2H]. The molecule has 7 aromatic carbocycles. The highest BCUT2D eigenvalue weighted by molar-refractivity contribution is 6.09. The molecule has 0 aliphatic heterocycles. The fraction of sp³-hybridized carbons (Fsp3) is 0.368. The van der Waals surface area contributed by atoms with E-state index in [1.165, 1.54) is 22.8 Å². The van der Waals surface area contributed by atoms with Crippen LogP contribution in [-0.2, 0) is 37.9 Å². The Bertz CT molecular complexity index is 5640. The van der Waals surface area contributed by atoms with Gasteiger partial charge in [0.15, 0.2) is 0 Å². The van der Waals surface area contributed by atoms with Crippen molar-refractivity contribution in [2.75, 3.05) is 0 Å². The monoisotopic (exact) mass is 1100 g/mol. The Kier molecular flexibility index (Phi) is 5.71. The lowest BCUT2D eigenvalue weighted by Crippen LogP contribution is -2.34. The lowest BCUT2D eigenvalue weighted by molar-refractivity contribution is -0.571. The van der Waals surface area contributed by atoms with Crippen LogP contribution in [0.4, 0.5) is 0 Å². The summed E-state index contributed by atoms with van der Waals surface area (Å²) in [7, 11) is 0. The summed E-state index contributed by atoms with van der Waals surface area (Å²) in [5, 5.41) is 1.74.